The lowest BCUT2D eigenvalue weighted by Crippen LogP contribution is -2.53. The molecule has 7 heterocycles. The summed E-state index contributed by atoms with van der Waals surface area (Å²) in [5.41, 5.74) is 5.89. The second-order valence-electron chi connectivity index (χ2n) is 12.0. The SMILES string of the molecule is CN1CCN(C(=O)CN2C=C(Nc3nc4c(N5CC6CCC(C5)N6Cc5cnc(CC(F)(F)F)s5)cccn4n3)CN2)CC1. The molecule has 3 aromatic heterocycles. The van der Waals surface area contributed by atoms with Crippen molar-refractivity contribution in [2.24, 2.45) is 0 Å². The summed E-state index contributed by atoms with van der Waals surface area (Å²) in [6.07, 6.45) is 2.26. The molecule has 44 heavy (non-hydrogen) atoms. The number of carbonyl (C=O) groups excluding carboxylic acids is 1. The Labute approximate surface area is 257 Å². The minimum absolute atomic E-state index is 0.103. The molecule has 2 atom stereocenters. The van der Waals surface area contributed by atoms with Crippen molar-refractivity contribution in [2.75, 3.05) is 69.6 Å². The highest BCUT2D eigenvalue weighted by Crippen LogP contribution is 2.36. The predicted octanol–water partition coefficient (Wildman–Crippen LogP) is 1.99. The fraction of sp³-hybridized carbons (Fsp3) is 0.571. The standard InChI is InChI=1S/C28H36F3N11OS/c1-37-7-9-38(10-8-37)25(43)18-40-14-19(12-33-40)34-27-35-26-23(3-2-6-42(26)36-27)39-15-20-4-5-21(16-39)41(20)17-22-13-32-24(44-22)11-28(29,30)31/h2-3,6,13-14,20-21,33H,4-5,7-12,15-18H2,1H3,(H,34,36). The quantitative estimate of drug-likeness (QED) is 0.384. The van der Waals surface area contributed by atoms with Crippen molar-refractivity contribution in [2.45, 2.75) is 44.1 Å². The Morgan fingerprint density at radius 2 is 1.93 bits per heavy atom. The Hall–Kier alpha value is -3.47. The van der Waals surface area contributed by atoms with Gasteiger partial charge < -0.3 is 25.0 Å². The lowest BCUT2D eigenvalue weighted by molar-refractivity contribution is -0.133. The smallest absolute Gasteiger partial charge is 0.365 e. The molecule has 2 N–H and O–H groups in total. The number of likely N-dealkylation sites (N-methyl/N-ethyl adjacent to an activating group) is 1. The number of anilines is 2. The van der Waals surface area contributed by atoms with Gasteiger partial charge in [0.15, 0.2) is 5.65 Å². The van der Waals surface area contributed by atoms with Gasteiger partial charge in [-0.3, -0.25) is 9.69 Å². The van der Waals surface area contributed by atoms with Crippen LogP contribution in [0.2, 0.25) is 0 Å². The van der Waals surface area contributed by atoms with Gasteiger partial charge in [0.25, 0.3) is 0 Å². The molecule has 4 aliphatic rings. The van der Waals surface area contributed by atoms with Gasteiger partial charge >= 0.3 is 6.18 Å². The molecule has 1 amide bonds. The molecule has 3 fully saturated rings. The Morgan fingerprint density at radius 3 is 2.68 bits per heavy atom. The predicted molar refractivity (Wildman–Crippen MR) is 160 cm³/mol. The molecule has 16 heteroatoms. The summed E-state index contributed by atoms with van der Waals surface area (Å²) in [5.74, 6) is 0.588. The summed E-state index contributed by atoms with van der Waals surface area (Å²) in [6, 6.07) is 4.64. The second kappa shape index (κ2) is 11.8. The summed E-state index contributed by atoms with van der Waals surface area (Å²) in [4.78, 5) is 31.4. The number of piperazine rings is 2. The molecule has 2 unspecified atom stereocenters. The molecule has 0 aromatic carbocycles. The molecule has 0 saturated carbocycles. The first kappa shape index (κ1) is 29.3. The Bertz CT molecular complexity index is 1520. The van der Waals surface area contributed by atoms with Gasteiger partial charge in [0.1, 0.15) is 11.6 Å². The number of hydrogen-bond acceptors (Lipinski definition) is 11. The number of pyridine rings is 1. The number of nitrogens with one attached hydrogen (secondary N) is 2. The van der Waals surface area contributed by atoms with Gasteiger partial charge in [0, 0.05) is 81.4 Å². The maximum absolute atomic E-state index is 12.8. The van der Waals surface area contributed by atoms with Crippen LogP contribution in [0.15, 0.2) is 36.4 Å². The summed E-state index contributed by atoms with van der Waals surface area (Å²) in [7, 11) is 2.07. The lowest BCUT2D eigenvalue weighted by atomic mass is 10.1. The van der Waals surface area contributed by atoms with Gasteiger partial charge in [-0.05, 0) is 32.0 Å². The molecule has 3 aromatic rings. The molecule has 2 bridgehead atoms. The van der Waals surface area contributed by atoms with Crippen LogP contribution in [0.3, 0.4) is 0 Å². The van der Waals surface area contributed by atoms with Crippen molar-refractivity contribution in [1.29, 1.82) is 0 Å². The largest absolute Gasteiger partial charge is 0.395 e. The van der Waals surface area contributed by atoms with Crippen LogP contribution in [0.1, 0.15) is 22.7 Å². The van der Waals surface area contributed by atoms with Gasteiger partial charge in [0.2, 0.25) is 11.9 Å². The zero-order valence-electron chi connectivity index (χ0n) is 24.5. The van der Waals surface area contributed by atoms with E-state index in [4.69, 9.17) is 4.98 Å². The fourth-order valence-corrected chi connectivity index (χ4v) is 7.54. The number of carbonyl (C=O) groups is 1. The van der Waals surface area contributed by atoms with Crippen molar-refractivity contribution >= 4 is 34.5 Å². The van der Waals surface area contributed by atoms with Crippen molar-refractivity contribution in [3.8, 4) is 0 Å². The fourth-order valence-electron chi connectivity index (χ4n) is 6.58. The first-order valence-corrected chi connectivity index (χ1v) is 15.8. The normalized spacial score (nSPS) is 23.2. The number of amides is 1. The number of thiazole rings is 1. The third-order valence-corrected chi connectivity index (χ3v) is 9.81. The van der Waals surface area contributed by atoms with Crippen LogP contribution in [0, 0.1) is 0 Å². The first-order valence-electron chi connectivity index (χ1n) is 15.0. The molecule has 3 saturated heterocycles. The lowest BCUT2D eigenvalue weighted by Gasteiger charge is -2.41. The molecule has 0 spiro atoms. The molecule has 236 valence electrons. The second-order valence-corrected chi connectivity index (χ2v) is 13.2. The number of alkyl halides is 3. The third kappa shape index (κ3) is 6.34. The van der Waals surface area contributed by atoms with E-state index in [1.165, 1.54) is 0 Å². The minimum atomic E-state index is -4.24. The van der Waals surface area contributed by atoms with E-state index in [9.17, 15) is 18.0 Å². The van der Waals surface area contributed by atoms with Crippen LogP contribution in [0.5, 0.6) is 0 Å². The summed E-state index contributed by atoms with van der Waals surface area (Å²) in [5, 5.41) is 9.90. The monoisotopic (exact) mass is 631 g/mol. The first-order chi connectivity index (χ1) is 21.2. The third-order valence-electron chi connectivity index (χ3n) is 8.83. The van der Waals surface area contributed by atoms with E-state index in [2.05, 4.69) is 48.6 Å². The van der Waals surface area contributed by atoms with Crippen LogP contribution in [0.4, 0.5) is 24.8 Å². The Kier molecular flexibility index (Phi) is 7.84. The number of hydrogen-bond donors (Lipinski definition) is 2. The van der Waals surface area contributed by atoms with E-state index in [-0.39, 0.29) is 17.5 Å². The number of fused-ring (bicyclic) bond motifs is 3. The number of nitrogens with zero attached hydrogens (tertiary/aromatic N) is 9. The number of rotatable bonds is 8. The maximum atomic E-state index is 12.8. The van der Waals surface area contributed by atoms with E-state index >= 15 is 0 Å². The van der Waals surface area contributed by atoms with E-state index in [1.807, 2.05) is 28.4 Å². The number of aromatic nitrogens is 4. The average molecular weight is 632 g/mol. The molecular weight excluding hydrogens is 595 g/mol. The van der Waals surface area contributed by atoms with Crippen LogP contribution in [-0.2, 0) is 17.8 Å². The molecule has 0 aliphatic carbocycles. The molecule has 0 radical (unpaired) electrons. The van der Waals surface area contributed by atoms with Crippen molar-refractivity contribution < 1.29 is 18.0 Å². The summed E-state index contributed by atoms with van der Waals surface area (Å²) < 4.78 is 40.2. The average Bonchev–Trinajstić information content (AvgIpc) is 3.75. The van der Waals surface area contributed by atoms with Crippen molar-refractivity contribution in [3.63, 3.8) is 0 Å². The number of hydrazine groups is 1. The highest BCUT2D eigenvalue weighted by molar-refractivity contribution is 7.11. The summed E-state index contributed by atoms with van der Waals surface area (Å²) >= 11 is 1.16. The molecule has 4 aliphatic heterocycles. The van der Waals surface area contributed by atoms with Crippen molar-refractivity contribution in [3.05, 3.63) is 46.3 Å². The van der Waals surface area contributed by atoms with Crippen LogP contribution >= 0.6 is 11.3 Å². The van der Waals surface area contributed by atoms with E-state index in [0.717, 1.165) is 85.4 Å². The van der Waals surface area contributed by atoms with Gasteiger partial charge in [-0.2, -0.15) is 18.2 Å². The van der Waals surface area contributed by atoms with E-state index in [1.54, 1.807) is 10.7 Å². The summed E-state index contributed by atoms with van der Waals surface area (Å²) in [6.45, 7) is 6.34. The van der Waals surface area contributed by atoms with Crippen LogP contribution in [-0.4, -0.2) is 123 Å². The van der Waals surface area contributed by atoms with E-state index in [0.29, 0.717) is 31.1 Å². The number of halogens is 3. The van der Waals surface area contributed by atoms with Gasteiger partial charge in [-0.25, -0.2) is 14.9 Å². The minimum Gasteiger partial charge on any atom is -0.365 e. The van der Waals surface area contributed by atoms with E-state index < -0.39 is 12.6 Å². The van der Waals surface area contributed by atoms with Gasteiger partial charge in [-0.15, -0.1) is 16.4 Å². The zero-order chi connectivity index (χ0) is 30.4. The zero-order valence-corrected chi connectivity index (χ0v) is 25.3. The maximum Gasteiger partial charge on any atom is 0.395 e. The molecule has 7 rings (SSSR count). The Morgan fingerprint density at radius 1 is 1.16 bits per heavy atom. The topological polar surface area (TPSA) is 100 Å². The highest BCUT2D eigenvalue weighted by Gasteiger charge is 2.41. The van der Waals surface area contributed by atoms with Crippen molar-refractivity contribution in [1.82, 2.24) is 44.7 Å². The highest BCUT2D eigenvalue weighted by atomic mass is 32.1. The van der Waals surface area contributed by atoms with Gasteiger partial charge in [-0.1, -0.05) is 0 Å². The molecular formula is C28H36F3N11OS. The van der Waals surface area contributed by atoms with Crippen LogP contribution < -0.4 is 15.6 Å². The molecule has 12 nitrogen and oxygen atoms in total. The van der Waals surface area contributed by atoms with Crippen LogP contribution in [0.25, 0.3) is 5.65 Å². The Balaban J connectivity index is 0.985. The van der Waals surface area contributed by atoms with Gasteiger partial charge in [0.05, 0.1) is 24.4 Å².